The van der Waals surface area contributed by atoms with Crippen molar-refractivity contribution in [2.75, 3.05) is 26.2 Å². The monoisotopic (exact) mass is 318 g/mol. The maximum atomic E-state index is 12.6. The minimum absolute atomic E-state index is 0.102. The number of hydrogen-bond donors (Lipinski definition) is 1. The third kappa shape index (κ3) is 3.89. The Morgan fingerprint density at radius 3 is 2.64 bits per heavy atom. The Morgan fingerprint density at radius 2 is 2.09 bits per heavy atom. The molecule has 124 valence electrons. The number of aliphatic hydroxyl groups excluding tert-OH is 1. The first-order valence-electron chi connectivity index (χ1n) is 7.31. The number of aromatic nitrogens is 1. The Bertz CT molecular complexity index is 552. The van der Waals surface area contributed by atoms with Gasteiger partial charge in [-0.05, 0) is 38.8 Å². The summed E-state index contributed by atoms with van der Waals surface area (Å²) in [6, 6.07) is 1.53. The molecule has 1 atom stereocenters. The molecule has 1 aromatic heterocycles. The van der Waals surface area contributed by atoms with Crippen LogP contribution in [0.15, 0.2) is 6.07 Å². The fourth-order valence-electron chi connectivity index (χ4n) is 3.00. The molecule has 1 aliphatic rings. The highest BCUT2D eigenvalue weighted by Gasteiger charge is 2.31. The van der Waals surface area contributed by atoms with Crippen LogP contribution in [0.2, 0.25) is 0 Å². The molecule has 7 heteroatoms. The van der Waals surface area contributed by atoms with Crippen molar-refractivity contribution in [2.24, 2.45) is 5.92 Å². The standard InChI is InChI=1S/C15H21F3N2O2/c1-10-5-13(11(2)20(10)9-15(16,17)18)14(22)7-19-4-3-12(6-19)8-21/h5,12,21H,3-4,6-9H2,1-2H3. The van der Waals surface area contributed by atoms with E-state index in [4.69, 9.17) is 5.11 Å². The van der Waals surface area contributed by atoms with Crippen molar-refractivity contribution in [3.05, 3.63) is 23.0 Å². The fourth-order valence-corrected chi connectivity index (χ4v) is 3.00. The molecule has 1 saturated heterocycles. The third-order valence-electron chi connectivity index (χ3n) is 4.21. The molecule has 0 spiro atoms. The molecular formula is C15H21F3N2O2. The lowest BCUT2D eigenvalue weighted by atomic mass is 10.1. The first-order valence-corrected chi connectivity index (χ1v) is 7.31. The van der Waals surface area contributed by atoms with Gasteiger partial charge >= 0.3 is 6.18 Å². The van der Waals surface area contributed by atoms with E-state index in [2.05, 4.69) is 0 Å². The van der Waals surface area contributed by atoms with E-state index >= 15 is 0 Å². The van der Waals surface area contributed by atoms with Gasteiger partial charge in [-0.15, -0.1) is 0 Å². The first-order chi connectivity index (χ1) is 10.2. The molecule has 1 unspecified atom stereocenters. The molecule has 1 fully saturated rings. The zero-order chi connectivity index (χ0) is 16.5. The van der Waals surface area contributed by atoms with Crippen LogP contribution in [0.4, 0.5) is 13.2 Å². The van der Waals surface area contributed by atoms with Gasteiger partial charge in [0.1, 0.15) is 6.54 Å². The summed E-state index contributed by atoms with van der Waals surface area (Å²) < 4.78 is 38.9. The van der Waals surface area contributed by atoms with E-state index in [9.17, 15) is 18.0 Å². The smallest absolute Gasteiger partial charge is 0.396 e. The summed E-state index contributed by atoms with van der Waals surface area (Å²) in [7, 11) is 0. The van der Waals surface area contributed by atoms with Crippen LogP contribution in [0, 0.1) is 19.8 Å². The molecular weight excluding hydrogens is 297 g/mol. The predicted octanol–water partition coefficient (Wildman–Crippen LogP) is 2.16. The molecule has 0 bridgehead atoms. The topological polar surface area (TPSA) is 45.5 Å². The quantitative estimate of drug-likeness (QED) is 0.846. The molecule has 2 heterocycles. The van der Waals surface area contributed by atoms with E-state index < -0.39 is 12.7 Å². The summed E-state index contributed by atoms with van der Waals surface area (Å²) in [6.07, 6.45) is -3.46. The Morgan fingerprint density at radius 1 is 1.41 bits per heavy atom. The minimum atomic E-state index is -4.31. The van der Waals surface area contributed by atoms with Crippen molar-refractivity contribution in [3.8, 4) is 0 Å². The van der Waals surface area contributed by atoms with Gasteiger partial charge in [-0.3, -0.25) is 9.69 Å². The van der Waals surface area contributed by atoms with Gasteiger partial charge in [0, 0.05) is 30.1 Å². The minimum Gasteiger partial charge on any atom is -0.396 e. The Balaban J connectivity index is 2.09. The van der Waals surface area contributed by atoms with E-state index in [0.717, 1.165) is 17.5 Å². The van der Waals surface area contributed by atoms with Gasteiger partial charge < -0.3 is 9.67 Å². The Hall–Kier alpha value is -1.34. The summed E-state index contributed by atoms with van der Waals surface area (Å²) in [4.78, 5) is 14.3. The van der Waals surface area contributed by atoms with Crippen LogP contribution >= 0.6 is 0 Å². The molecule has 0 saturated carbocycles. The van der Waals surface area contributed by atoms with Crippen molar-refractivity contribution in [2.45, 2.75) is 33.0 Å². The van der Waals surface area contributed by atoms with Crippen molar-refractivity contribution < 1.29 is 23.1 Å². The molecule has 0 aliphatic carbocycles. The summed E-state index contributed by atoms with van der Waals surface area (Å²) in [5.74, 6) is 0.0191. The third-order valence-corrected chi connectivity index (χ3v) is 4.21. The molecule has 1 aromatic rings. The highest BCUT2D eigenvalue weighted by Crippen LogP contribution is 2.24. The molecule has 2 rings (SSSR count). The number of ketones is 1. The second-order valence-corrected chi connectivity index (χ2v) is 5.98. The lowest BCUT2D eigenvalue weighted by Gasteiger charge is -2.15. The zero-order valence-electron chi connectivity index (χ0n) is 12.8. The maximum Gasteiger partial charge on any atom is 0.406 e. The van der Waals surface area contributed by atoms with Crippen LogP contribution in [0.3, 0.4) is 0 Å². The zero-order valence-corrected chi connectivity index (χ0v) is 12.8. The number of aliphatic hydroxyl groups is 1. The summed E-state index contributed by atoms with van der Waals surface area (Å²) in [6.45, 7) is 3.73. The highest BCUT2D eigenvalue weighted by molar-refractivity contribution is 5.99. The summed E-state index contributed by atoms with van der Waals surface area (Å²) in [5, 5.41) is 9.11. The van der Waals surface area contributed by atoms with Gasteiger partial charge in [0.2, 0.25) is 0 Å². The number of aryl methyl sites for hydroxylation is 1. The van der Waals surface area contributed by atoms with E-state index in [0.29, 0.717) is 23.5 Å². The van der Waals surface area contributed by atoms with Gasteiger partial charge in [0.25, 0.3) is 0 Å². The van der Waals surface area contributed by atoms with Gasteiger partial charge in [-0.1, -0.05) is 0 Å². The van der Waals surface area contributed by atoms with Crippen molar-refractivity contribution >= 4 is 5.78 Å². The molecule has 0 radical (unpaired) electrons. The van der Waals surface area contributed by atoms with E-state index in [1.807, 2.05) is 4.90 Å². The molecule has 22 heavy (non-hydrogen) atoms. The number of likely N-dealkylation sites (tertiary alicyclic amines) is 1. The average molecular weight is 318 g/mol. The van der Waals surface area contributed by atoms with E-state index in [1.54, 1.807) is 13.8 Å². The van der Waals surface area contributed by atoms with Crippen LogP contribution in [-0.2, 0) is 6.54 Å². The van der Waals surface area contributed by atoms with Gasteiger partial charge in [0.05, 0.1) is 6.54 Å². The number of rotatable bonds is 5. The number of carbonyl (C=O) groups is 1. The first kappa shape index (κ1) is 17.0. The van der Waals surface area contributed by atoms with Crippen molar-refractivity contribution in [1.29, 1.82) is 0 Å². The Labute approximate surface area is 127 Å². The summed E-state index contributed by atoms with van der Waals surface area (Å²) >= 11 is 0. The summed E-state index contributed by atoms with van der Waals surface area (Å²) in [5.41, 5.74) is 1.15. The second kappa shape index (κ2) is 6.42. The lowest BCUT2D eigenvalue weighted by Crippen LogP contribution is -2.28. The molecule has 4 nitrogen and oxygen atoms in total. The van der Waals surface area contributed by atoms with Crippen LogP contribution < -0.4 is 0 Å². The normalized spacial score (nSPS) is 19.8. The fraction of sp³-hybridized carbons (Fsp3) is 0.667. The van der Waals surface area contributed by atoms with E-state index in [1.165, 1.54) is 6.07 Å². The number of hydrogen-bond acceptors (Lipinski definition) is 3. The maximum absolute atomic E-state index is 12.6. The van der Waals surface area contributed by atoms with Crippen LogP contribution in [0.1, 0.15) is 28.2 Å². The van der Waals surface area contributed by atoms with Gasteiger partial charge in [-0.2, -0.15) is 13.2 Å². The van der Waals surface area contributed by atoms with Crippen molar-refractivity contribution in [3.63, 3.8) is 0 Å². The number of carbonyl (C=O) groups excluding carboxylic acids is 1. The SMILES string of the molecule is Cc1cc(C(=O)CN2CCC(CO)C2)c(C)n1CC(F)(F)F. The van der Waals surface area contributed by atoms with E-state index in [-0.39, 0.29) is 24.9 Å². The second-order valence-electron chi connectivity index (χ2n) is 5.98. The molecule has 1 aliphatic heterocycles. The largest absolute Gasteiger partial charge is 0.406 e. The van der Waals surface area contributed by atoms with Crippen LogP contribution in [-0.4, -0.2) is 52.8 Å². The molecule has 0 amide bonds. The highest BCUT2D eigenvalue weighted by atomic mass is 19.4. The van der Waals surface area contributed by atoms with Gasteiger partial charge in [0.15, 0.2) is 5.78 Å². The Kier molecular flexibility index (Phi) is 4.97. The molecule has 1 N–H and O–H groups in total. The van der Waals surface area contributed by atoms with Gasteiger partial charge in [-0.25, -0.2) is 0 Å². The number of alkyl halides is 3. The van der Waals surface area contributed by atoms with Crippen LogP contribution in [0.25, 0.3) is 0 Å². The predicted molar refractivity (Wildman–Crippen MR) is 75.9 cm³/mol. The number of nitrogens with zero attached hydrogens (tertiary/aromatic N) is 2. The lowest BCUT2D eigenvalue weighted by molar-refractivity contribution is -0.141. The van der Waals surface area contributed by atoms with Crippen LogP contribution in [0.5, 0.6) is 0 Å². The average Bonchev–Trinajstić information content (AvgIpc) is 2.97. The number of halogens is 3. The number of Topliss-reactive ketones (excluding diaryl/α,β-unsaturated/α-hetero) is 1. The van der Waals surface area contributed by atoms with Crippen molar-refractivity contribution in [1.82, 2.24) is 9.47 Å². The molecule has 0 aromatic carbocycles.